The first-order valence-electron chi connectivity index (χ1n) is 7.14. The number of allylic oxidation sites excluding steroid dienone is 2. The van der Waals surface area contributed by atoms with Gasteiger partial charge >= 0.3 is 0 Å². The van der Waals surface area contributed by atoms with E-state index < -0.39 is 0 Å². The minimum atomic E-state index is 0.0820. The van der Waals surface area contributed by atoms with Crippen LogP contribution in [0.2, 0.25) is 0 Å². The van der Waals surface area contributed by atoms with Crippen LogP contribution >= 0.6 is 15.9 Å². The first-order valence-corrected chi connectivity index (χ1v) is 7.93. The van der Waals surface area contributed by atoms with Crippen LogP contribution in [0.5, 0.6) is 0 Å². The molecule has 2 rings (SSSR count). The van der Waals surface area contributed by atoms with E-state index in [-0.39, 0.29) is 5.78 Å². The van der Waals surface area contributed by atoms with Crippen LogP contribution in [0, 0.1) is 5.92 Å². The Bertz CT molecular complexity index is 624. The van der Waals surface area contributed by atoms with Gasteiger partial charge in [-0.05, 0) is 30.0 Å². The van der Waals surface area contributed by atoms with Gasteiger partial charge in [0.2, 0.25) is 0 Å². The lowest BCUT2D eigenvalue weighted by Gasteiger charge is -2.09. The van der Waals surface area contributed by atoms with Gasteiger partial charge in [0.15, 0.2) is 5.78 Å². The van der Waals surface area contributed by atoms with Crippen LogP contribution in [0.3, 0.4) is 0 Å². The maximum absolute atomic E-state index is 12.8. The molecule has 0 aromatic heterocycles. The van der Waals surface area contributed by atoms with Crippen LogP contribution in [0.4, 0.5) is 0 Å². The molecule has 108 valence electrons. The Kier molecular flexibility index (Phi) is 5.51. The molecule has 0 bridgehead atoms. The lowest BCUT2D eigenvalue weighted by molar-refractivity contribution is 0.105. The standard InChI is InChI=1S/C19H19BrO/c1-14(2)8-13-18(15-9-11-17(20)12-10-15)19(21)16-6-4-3-5-7-16/h3-7,9-14H,8H2,1-2H3/b18-13+. The molecule has 0 unspecified atom stereocenters. The van der Waals surface area contributed by atoms with Crippen molar-refractivity contribution in [1.82, 2.24) is 0 Å². The molecule has 0 radical (unpaired) electrons. The molecular weight excluding hydrogens is 324 g/mol. The second-order valence-corrected chi connectivity index (χ2v) is 6.37. The van der Waals surface area contributed by atoms with Crippen molar-refractivity contribution in [1.29, 1.82) is 0 Å². The van der Waals surface area contributed by atoms with Crippen molar-refractivity contribution in [3.05, 3.63) is 76.3 Å². The van der Waals surface area contributed by atoms with E-state index in [4.69, 9.17) is 0 Å². The molecule has 0 fully saturated rings. The SMILES string of the molecule is CC(C)C/C=C(/C(=O)c1ccccc1)c1ccc(Br)cc1. The van der Waals surface area contributed by atoms with Gasteiger partial charge in [0.25, 0.3) is 0 Å². The lowest BCUT2D eigenvalue weighted by Crippen LogP contribution is -2.03. The van der Waals surface area contributed by atoms with Crippen LogP contribution in [0.25, 0.3) is 5.57 Å². The number of benzene rings is 2. The molecule has 21 heavy (non-hydrogen) atoms. The highest BCUT2D eigenvalue weighted by Gasteiger charge is 2.14. The van der Waals surface area contributed by atoms with Crippen molar-refractivity contribution >= 4 is 27.3 Å². The Morgan fingerprint density at radius 3 is 2.19 bits per heavy atom. The van der Waals surface area contributed by atoms with E-state index in [2.05, 4.69) is 35.9 Å². The van der Waals surface area contributed by atoms with E-state index in [1.54, 1.807) is 0 Å². The Labute approximate surface area is 134 Å². The van der Waals surface area contributed by atoms with E-state index in [1.165, 1.54) is 0 Å². The zero-order valence-corrected chi connectivity index (χ0v) is 13.9. The summed E-state index contributed by atoms with van der Waals surface area (Å²) in [6.45, 7) is 4.31. The fourth-order valence-electron chi connectivity index (χ4n) is 2.07. The summed E-state index contributed by atoms with van der Waals surface area (Å²) in [7, 11) is 0. The zero-order chi connectivity index (χ0) is 15.2. The second-order valence-electron chi connectivity index (χ2n) is 5.45. The van der Waals surface area contributed by atoms with Crippen molar-refractivity contribution in [3.8, 4) is 0 Å². The molecule has 0 aliphatic rings. The third kappa shape index (κ3) is 4.40. The number of rotatable bonds is 5. The van der Waals surface area contributed by atoms with Crippen molar-refractivity contribution < 1.29 is 4.79 Å². The highest BCUT2D eigenvalue weighted by molar-refractivity contribution is 9.10. The summed E-state index contributed by atoms with van der Waals surface area (Å²) in [5.41, 5.74) is 2.48. The zero-order valence-electron chi connectivity index (χ0n) is 12.3. The molecular formula is C19H19BrO. The predicted molar refractivity (Wildman–Crippen MR) is 92.3 cm³/mol. The summed E-state index contributed by atoms with van der Waals surface area (Å²) in [5, 5.41) is 0. The maximum atomic E-state index is 12.8. The maximum Gasteiger partial charge on any atom is 0.193 e. The van der Waals surface area contributed by atoms with Crippen LogP contribution in [0.15, 0.2) is 65.1 Å². The molecule has 2 aromatic rings. The molecule has 2 heteroatoms. The van der Waals surface area contributed by atoms with E-state index in [1.807, 2.05) is 54.6 Å². The lowest BCUT2D eigenvalue weighted by atomic mass is 9.94. The Balaban J connectivity index is 2.39. The second kappa shape index (κ2) is 7.37. The van der Waals surface area contributed by atoms with Crippen LogP contribution in [-0.4, -0.2) is 5.78 Å². The summed E-state index contributed by atoms with van der Waals surface area (Å²) in [6, 6.07) is 17.4. The third-order valence-corrected chi connectivity index (χ3v) is 3.76. The topological polar surface area (TPSA) is 17.1 Å². The molecule has 0 heterocycles. The molecule has 0 N–H and O–H groups in total. The summed E-state index contributed by atoms with van der Waals surface area (Å²) in [5.74, 6) is 0.609. The van der Waals surface area contributed by atoms with E-state index in [0.717, 1.165) is 27.6 Å². The van der Waals surface area contributed by atoms with Gasteiger partial charge in [-0.1, -0.05) is 78.3 Å². The molecule has 2 aromatic carbocycles. The Hall–Kier alpha value is -1.67. The average Bonchev–Trinajstić information content (AvgIpc) is 2.49. The minimum Gasteiger partial charge on any atom is -0.289 e. The Morgan fingerprint density at radius 2 is 1.62 bits per heavy atom. The highest BCUT2D eigenvalue weighted by Crippen LogP contribution is 2.23. The molecule has 1 nitrogen and oxygen atoms in total. The van der Waals surface area contributed by atoms with E-state index >= 15 is 0 Å². The number of ketones is 1. The van der Waals surface area contributed by atoms with Crippen molar-refractivity contribution in [3.63, 3.8) is 0 Å². The fraction of sp³-hybridized carbons (Fsp3) is 0.211. The largest absolute Gasteiger partial charge is 0.289 e. The molecule has 0 saturated carbocycles. The van der Waals surface area contributed by atoms with Gasteiger partial charge in [-0.15, -0.1) is 0 Å². The molecule has 0 aliphatic heterocycles. The van der Waals surface area contributed by atoms with Gasteiger partial charge in [0.1, 0.15) is 0 Å². The van der Waals surface area contributed by atoms with Gasteiger partial charge < -0.3 is 0 Å². The first kappa shape index (κ1) is 15.7. The Morgan fingerprint density at radius 1 is 1.00 bits per heavy atom. The number of hydrogen-bond donors (Lipinski definition) is 0. The summed E-state index contributed by atoms with van der Waals surface area (Å²) < 4.78 is 1.02. The van der Waals surface area contributed by atoms with Crippen molar-refractivity contribution in [2.75, 3.05) is 0 Å². The van der Waals surface area contributed by atoms with E-state index in [9.17, 15) is 4.79 Å². The number of halogens is 1. The molecule has 0 saturated heterocycles. The number of carbonyl (C=O) groups excluding carboxylic acids is 1. The van der Waals surface area contributed by atoms with Crippen molar-refractivity contribution in [2.45, 2.75) is 20.3 Å². The molecule has 0 aliphatic carbocycles. The number of Topliss-reactive ketones (excluding diaryl/α,β-unsaturated/α-hetero) is 1. The third-order valence-electron chi connectivity index (χ3n) is 3.23. The van der Waals surface area contributed by atoms with Gasteiger partial charge in [0, 0.05) is 15.6 Å². The van der Waals surface area contributed by atoms with Gasteiger partial charge in [-0.25, -0.2) is 0 Å². The van der Waals surface area contributed by atoms with Crippen LogP contribution < -0.4 is 0 Å². The number of hydrogen-bond acceptors (Lipinski definition) is 1. The summed E-state index contributed by atoms with van der Waals surface area (Å²) in [6.07, 6.45) is 2.95. The van der Waals surface area contributed by atoms with Crippen LogP contribution in [-0.2, 0) is 0 Å². The minimum absolute atomic E-state index is 0.0820. The molecule has 0 atom stereocenters. The number of carbonyl (C=O) groups is 1. The molecule has 0 amide bonds. The normalized spacial score (nSPS) is 11.7. The predicted octanol–water partition coefficient (Wildman–Crippen LogP) is 5.76. The summed E-state index contributed by atoms with van der Waals surface area (Å²) >= 11 is 3.43. The van der Waals surface area contributed by atoms with Gasteiger partial charge in [-0.2, -0.15) is 0 Å². The quantitative estimate of drug-likeness (QED) is 0.498. The smallest absolute Gasteiger partial charge is 0.193 e. The average molecular weight is 343 g/mol. The van der Waals surface area contributed by atoms with Gasteiger partial charge in [-0.3, -0.25) is 4.79 Å². The fourth-order valence-corrected chi connectivity index (χ4v) is 2.33. The van der Waals surface area contributed by atoms with Gasteiger partial charge in [0.05, 0.1) is 0 Å². The highest BCUT2D eigenvalue weighted by atomic mass is 79.9. The van der Waals surface area contributed by atoms with Crippen LogP contribution in [0.1, 0.15) is 36.2 Å². The first-order chi connectivity index (χ1) is 10.1. The van der Waals surface area contributed by atoms with Crippen molar-refractivity contribution in [2.24, 2.45) is 5.92 Å². The monoisotopic (exact) mass is 342 g/mol. The molecule has 0 spiro atoms. The van der Waals surface area contributed by atoms with E-state index in [0.29, 0.717) is 5.92 Å². The summed E-state index contributed by atoms with van der Waals surface area (Å²) in [4.78, 5) is 12.8.